The molecule has 1 amide bonds. The van der Waals surface area contributed by atoms with Gasteiger partial charge in [0, 0.05) is 43.4 Å². The molecule has 1 fully saturated rings. The molecular formula is C11H15N3O3S. The Kier molecular flexibility index (Phi) is 4.24. The van der Waals surface area contributed by atoms with E-state index in [0.29, 0.717) is 18.8 Å². The van der Waals surface area contributed by atoms with Crippen LogP contribution in [0.4, 0.5) is 0 Å². The van der Waals surface area contributed by atoms with Gasteiger partial charge in [-0.3, -0.25) is 9.48 Å². The number of aliphatic carboxylic acids is 1. The summed E-state index contributed by atoms with van der Waals surface area (Å²) in [5, 5.41) is 13.1. The van der Waals surface area contributed by atoms with Gasteiger partial charge < -0.3 is 10.0 Å². The van der Waals surface area contributed by atoms with Crippen LogP contribution in [-0.4, -0.2) is 55.8 Å². The molecule has 6 nitrogen and oxygen atoms in total. The lowest BCUT2D eigenvalue weighted by Gasteiger charge is -2.32. The number of aryl methyl sites for hydroxylation is 1. The van der Waals surface area contributed by atoms with Crippen LogP contribution in [0.5, 0.6) is 0 Å². The summed E-state index contributed by atoms with van der Waals surface area (Å²) in [6, 6.07) is 1.11. The predicted octanol–water partition coefficient (Wildman–Crippen LogP) is 0.302. The molecule has 0 spiro atoms. The summed E-state index contributed by atoms with van der Waals surface area (Å²) >= 11 is 1.58. The van der Waals surface area contributed by atoms with E-state index in [-0.39, 0.29) is 12.3 Å². The first kappa shape index (κ1) is 12.9. The molecule has 0 radical (unpaired) electrons. The fourth-order valence-electron chi connectivity index (χ4n) is 1.89. The van der Waals surface area contributed by atoms with E-state index in [1.165, 1.54) is 4.90 Å². The van der Waals surface area contributed by atoms with E-state index in [2.05, 4.69) is 5.10 Å². The van der Waals surface area contributed by atoms with Crippen LogP contribution >= 0.6 is 11.8 Å². The normalized spacial score (nSPS) is 19.8. The predicted molar refractivity (Wildman–Crippen MR) is 67.3 cm³/mol. The zero-order chi connectivity index (χ0) is 13.0. The minimum Gasteiger partial charge on any atom is -0.480 e. The molecule has 7 heteroatoms. The molecule has 1 aliphatic rings. The molecular weight excluding hydrogens is 254 g/mol. The summed E-state index contributed by atoms with van der Waals surface area (Å²) in [4.78, 5) is 24.6. The molecule has 18 heavy (non-hydrogen) atoms. The summed E-state index contributed by atoms with van der Waals surface area (Å²) in [5.74, 6) is 0.244. The average Bonchev–Trinajstić information content (AvgIpc) is 2.89. The minimum atomic E-state index is -0.922. The Labute approximate surface area is 109 Å². The molecule has 0 aromatic carbocycles. The number of aromatic nitrogens is 2. The van der Waals surface area contributed by atoms with E-state index in [4.69, 9.17) is 5.11 Å². The number of rotatable bonds is 4. The van der Waals surface area contributed by atoms with E-state index in [1.54, 1.807) is 34.9 Å². The van der Waals surface area contributed by atoms with Crippen molar-refractivity contribution in [3.63, 3.8) is 0 Å². The zero-order valence-electron chi connectivity index (χ0n) is 9.86. The van der Waals surface area contributed by atoms with Crippen molar-refractivity contribution in [1.82, 2.24) is 14.7 Å². The quantitative estimate of drug-likeness (QED) is 0.851. The van der Waals surface area contributed by atoms with Crippen molar-refractivity contribution in [3.05, 3.63) is 18.5 Å². The highest BCUT2D eigenvalue weighted by atomic mass is 32.2. The summed E-state index contributed by atoms with van der Waals surface area (Å²) in [7, 11) is 0. The molecule has 1 N–H and O–H groups in total. The van der Waals surface area contributed by atoms with Crippen molar-refractivity contribution in [2.75, 3.05) is 18.1 Å². The first-order chi connectivity index (χ1) is 8.68. The Hall–Kier alpha value is -1.50. The van der Waals surface area contributed by atoms with Crippen molar-refractivity contribution < 1.29 is 14.7 Å². The maximum absolute atomic E-state index is 12.0. The van der Waals surface area contributed by atoms with Crippen molar-refractivity contribution in [1.29, 1.82) is 0 Å². The van der Waals surface area contributed by atoms with E-state index < -0.39 is 12.0 Å². The second-order valence-corrected chi connectivity index (χ2v) is 5.19. The van der Waals surface area contributed by atoms with E-state index in [1.807, 2.05) is 0 Å². The second kappa shape index (κ2) is 5.90. The van der Waals surface area contributed by atoms with Gasteiger partial charge in [0.15, 0.2) is 0 Å². The average molecular weight is 269 g/mol. The Bertz CT molecular complexity index is 421. The smallest absolute Gasteiger partial charge is 0.327 e. The SMILES string of the molecule is O=C(O)C1CSCCN1C(=O)CCn1cccn1. The van der Waals surface area contributed by atoms with Crippen molar-refractivity contribution in [2.45, 2.75) is 19.0 Å². The van der Waals surface area contributed by atoms with Crippen LogP contribution in [-0.2, 0) is 16.1 Å². The van der Waals surface area contributed by atoms with E-state index >= 15 is 0 Å². The first-order valence-electron chi connectivity index (χ1n) is 5.76. The van der Waals surface area contributed by atoms with Gasteiger partial charge in [0.05, 0.1) is 0 Å². The number of nitrogens with zero attached hydrogens (tertiary/aromatic N) is 3. The highest BCUT2D eigenvalue weighted by molar-refractivity contribution is 7.99. The van der Waals surface area contributed by atoms with Crippen molar-refractivity contribution in [2.24, 2.45) is 0 Å². The Balaban J connectivity index is 1.92. The highest BCUT2D eigenvalue weighted by Gasteiger charge is 2.31. The van der Waals surface area contributed by atoms with Gasteiger partial charge in [-0.2, -0.15) is 16.9 Å². The molecule has 2 rings (SSSR count). The number of carbonyl (C=O) groups excluding carboxylic acids is 1. The fraction of sp³-hybridized carbons (Fsp3) is 0.545. The van der Waals surface area contributed by atoms with Gasteiger partial charge in [-0.25, -0.2) is 4.79 Å². The van der Waals surface area contributed by atoms with Gasteiger partial charge >= 0.3 is 5.97 Å². The van der Waals surface area contributed by atoms with Gasteiger partial charge in [0.1, 0.15) is 6.04 Å². The number of thioether (sulfide) groups is 1. The van der Waals surface area contributed by atoms with Gasteiger partial charge in [-0.05, 0) is 6.07 Å². The number of hydrogen-bond donors (Lipinski definition) is 1. The van der Waals surface area contributed by atoms with E-state index in [9.17, 15) is 9.59 Å². The molecule has 0 aliphatic carbocycles. The second-order valence-electron chi connectivity index (χ2n) is 4.04. The van der Waals surface area contributed by atoms with Crippen LogP contribution in [0.3, 0.4) is 0 Å². The third-order valence-corrected chi connectivity index (χ3v) is 3.87. The molecule has 1 unspecified atom stereocenters. The van der Waals surface area contributed by atoms with Crippen LogP contribution in [0.2, 0.25) is 0 Å². The molecule has 1 aromatic rings. The fourth-order valence-corrected chi connectivity index (χ4v) is 2.93. The standard InChI is InChI=1S/C11H15N3O3S/c15-10(2-5-13-4-1-3-12-13)14-6-7-18-8-9(14)11(16)17/h1,3-4,9H,2,5-8H2,(H,16,17). The summed E-state index contributed by atoms with van der Waals surface area (Å²) < 4.78 is 1.67. The topological polar surface area (TPSA) is 75.4 Å². The lowest BCUT2D eigenvalue weighted by molar-refractivity contribution is -0.149. The third-order valence-electron chi connectivity index (χ3n) is 2.85. The highest BCUT2D eigenvalue weighted by Crippen LogP contribution is 2.17. The molecule has 0 bridgehead atoms. The molecule has 98 valence electrons. The Morgan fingerprint density at radius 3 is 3.00 bits per heavy atom. The lowest BCUT2D eigenvalue weighted by Crippen LogP contribution is -2.50. The monoisotopic (exact) mass is 269 g/mol. The maximum atomic E-state index is 12.0. The van der Waals surface area contributed by atoms with Crippen LogP contribution < -0.4 is 0 Å². The van der Waals surface area contributed by atoms with Gasteiger partial charge in [-0.1, -0.05) is 0 Å². The number of hydrogen-bond acceptors (Lipinski definition) is 4. The number of carboxylic acids is 1. The van der Waals surface area contributed by atoms with Gasteiger partial charge in [-0.15, -0.1) is 0 Å². The minimum absolute atomic E-state index is 0.113. The van der Waals surface area contributed by atoms with Crippen LogP contribution in [0, 0.1) is 0 Å². The van der Waals surface area contributed by atoms with Gasteiger partial charge in [0.2, 0.25) is 5.91 Å². The summed E-state index contributed by atoms with van der Waals surface area (Å²) in [6.45, 7) is 1.00. The number of carbonyl (C=O) groups is 2. The third kappa shape index (κ3) is 3.04. The van der Waals surface area contributed by atoms with Crippen LogP contribution in [0.25, 0.3) is 0 Å². The number of amides is 1. The van der Waals surface area contributed by atoms with Crippen molar-refractivity contribution in [3.8, 4) is 0 Å². The lowest BCUT2D eigenvalue weighted by atomic mass is 10.2. The van der Waals surface area contributed by atoms with E-state index in [0.717, 1.165) is 5.75 Å². The Morgan fingerprint density at radius 1 is 1.50 bits per heavy atom. The number of carboxylic acid groups (broad SMARTS) is 1. The summed E-state index contributed by atoms with van der Waals surface area (Å²) in [5.41, 5.74) is 0. The first-order valence-corrected chi connectivity index (χ1v) is 6.91. The molecule has 0 saturated carbocycles. The molecule has 1 atom stereocenters. The van der Waals surface area contributed by atoms with Gasteiger partial charge in [0.25, 0.3) is 0 Å². The summed E-state index contributed by atoms with van der Waals surface area (Å²) in [6.07, 6.45) is 3.73. The van der Waals surface area contributed by atoms with Crippen molar-refractivity contribution >= 4 is 23.6 Å². The van der Waals surface area contributed by atoms with Crippen LogP contribution in [0.1, 0.15) is 6.42 Å². The molecule has 2 heterocycles. The Morgan fingerprint density at radius 2 is 2.33 bits per heavy atom. The van der Waals surface area contributed by atoms with Crippen LogP contribution in [0.15, 0.2) is 18.5 Å². The zero-order valence-corrected chi connectivity index (χ0v) is 10.7. The largest absolute Gasteiger partial charge is 0.480 e. The molecule has 1 aliphatic heterocycles. The maximum Gasteiger partial charge on any atom is 0.327 e. The molecule has 1 saturated heterocycles. The molecule has 1 aromatic heterocycles.